The molecule has 0 radical (unpaired) electrons. The molecule has 0 aromatic heterocycles. The van der Waals surface area contributed by atoms with Gasteiger partial charge in [-0.3, -0.25) is 4.79 Å². The molecule has 2 aliphatic carbocycles. The first-order valence-electron chi connectivity index (χ1n) is 14.4. The van der Waals surface area contributed by atoms with Gasteiger partial charge in [0, 0.05) is 34.8 Å². The molecule has 9 heteroatoms. The number of aliphatic hydroxyl groups is 1. The Balaban J connectivity index is 1.51. The van der Waals surface area contributed by atoms with Gasteiger partial charge in [-0.2, -0.15) is 0 Å². The van der Waals surface area contributed by atoms with Crippen molar-refractivity contribution >= 4 is 27.5 Å². The Morgan fingerprint density at radius 3 is 2.83 bits per heavy atom. The summed E-state index contributed by atoms with van der Waals surface area (Å²) in [4.78, 5) is 15.8. The number of aryl methyl sites for hydroxylation is 1. The van der Waals surface area contributed by atoms with Crippen LogP contribution in [0.5, 0.6) is 0 Å². The molecular formula is C31H37ClN2O5S. The number of hydrogen-bond acceptors (Lipinski definition) is 6. The van der Waals surface area contributed by atoms with Crippen LogP contribution in [0.1, 0.15) is 56.1 Å². The summed E-state index contributed by atoms with van der Waals surface area (Å²) in [6, 6.07) is 6.21. The number of allylic oxidation sites excluding steroid dienone is 4. The van der Waals surface area contributed by atoms with Gasteiger partial charge in [-0.15, -0.1) is 0 Å². The summed E-state index contributed by atoms with van der Waals surface area (Å²) in [6.07, 6.45) is 16.0. The molecule has 3 aliphatic heterocycles. The van der Waals surface area contributed by atoms with E-state index in [4.69, 9.17) is 16.3 Å². The molecule has 1 fully saturated rings. The lowest BCUT2D eigenvalue weighted by molar-refractivity contribution is -0.115. The van der Waals surface area contributed by atoms with E-state index >= 15 is 0 Å². The fourth-order valence-electron chi connectivity index (χ4n) is 7.17. The Labute approximate surface area is 241 Å². The van der Waals surface area contributed by atoms with E-state index in [1.165, 1.54) is 24.0 Å². The minimum Gasteiger partial charge on any atom is -0.500 e. The van der Waals surface area contributed by atoms with E-state index in [9.17, 15) is 18.3 Å². The number of fused-ring (bicyclic) bond motifs is 4. The molecule has 6 rings (SSSR count). The number of rotatable bonds is 1. The number of aliphatic hydroxyl groups excluding tert-OH is 1. The standard InChI is InChI=1S/C31H37ClN2O5S/c32-26-10-12-28-23(15-26)3-1-13-31(28)19-34-17-25-8-6-21(25)5-7-22-9-11-27(18-35)40(37,38)33-30(36)24(16-29(22)34)4-2-14-39-20-31/h2,4,7,10,12,14-16,21,25,27,35H,1,3,5-6,8-9,11,13,17-20H2,(H,33,36)/b14-2?,22-7-,24-4?,29-16-/t21-,25+,27-,31+/m1/s1. The van der Waals surface area contributed by atoms with Crippen LogP contribution in [0.25, 0.3) is 0 Å². The van der Waals surface area contributed by atoms with Gasteiger partial charge in [0.2, 0.25) is 10.0 Å². The second kappa shape index (κ2) is 11.0. The van der Waals surface area contributed by atoms with Crippen LogP contribution in [0.4, 0.5) is 0 Å². The molecular weight excluding hydrogens is 548 g/mol. The lowest BCUT2D eigenvalue weighted by Crippen LogP contribution is -2.49. The monoisotopic (exact) mass is 584 g/mol. The lowest BCUT2D eigenvalue weighted by Gasteiger charge is -2.48. The van der Waals surface area contributed by atoms with Crippen molar-refractivity contribution < 1.29 is 23.1 Å². The third kappa shape index (κ3) is 5.26. The first-order chi connectivity index (χ1) is 19.3. The van der Waals surface area contributed by atoms with E-state index in [1.807, 2.05) is 12.1 Å². The zero-order valence-corrected chi connectivity index (χ0v) is 24.2. The van der Waals surface area contributed by atoms with Crippen molar-refractivity contribution in [3.8, 4) is 0 Å². The maximum Gasteiger partial charge on any atom is 0.264 e. The van der Waals surface area contributed by atoms with Crippen LogP contribution < -0.4 is 4.72 Å². The maximum absolute atomic E-state index is 13.4. The molecule has 0 unspecified atom stereocenters. The molecule has 4 atom stereocenters. The number of nitrogens with one attached hydrogen (secondary N) is 1. The Kier molecular flexibility index (Phi) is 7.61. The van der Waals surface area contributed by atoms with Crippen LogP contribution in [0.15, 0.2) is 65.6 Å². The first-order valence-corrected chi connectivity index (χ1v) is 16.3. The summed E-state index contributed by atoms with van der Waals surface area (Å²) >= 11 is 6.41. The fraction of sp³-hybridized carbons (Fsp3) is 0.516. The van der Waals surface area contributed by atoms with Gasteiger partial charge in [-0.1, -0.05) is 23.7 Å². The van der Waals surface area contributed by atoms with Crippen LogP contribution in [0.3, 0.4) is 0 Å². The summed E-state index contributed by atoms with van der Waals surface area (Å²) in [5.74, 6) is 0.465. The van der Waals surface area contributed by atoms with Gasteiger partial charge in [0.15, 0.2) is 0 Å². The zero-order valence-electron chi connectivity index (χ0n) is 22.6. The molecule has 3 heterocycles. The van der Waals surface area contributed by atoms with Crippen molar-refractivity contribution in [3.05, 3.63) is 81.8 Å². The van der Waals surface area contributed by atoms with E-state index in [2.05, 4.69) is 27.8 Å². The number of ether oxygens (including phenoxy) is 1. The first kappa shape index (κ1) is 27.6. The molecule has 1 spiro atoms. The van der Waals surface area contributed by atoms with Crippen LogP contribution in [0.2, 0.25) is 5.02 Å². The highest BCUT2D eigenvalue weighted by molar-refractivity contribution is 7.90. The molecule has 1 aromatic rings. The maximum atomic E-state index is 13.4. The third-order valence-corrected chi connectivity index (χ3v) is 11.5. The number of hydrogen-bond donors (Lipinski definition) is 2. The van der Waals surface area contributed by atoms with Crippen molar-refractivity contribution in [1.29, 1.82) is 0 Å². The molecule has 2 bridgehead atoms. The fourth-order valence-corrected chi connectivity index (χ4v) is 8.54. The second-order valence-electron chi connectivity index (χ2n) is 12.0. The van der Waals surface area contributed by atoms with Crippen LogP contribution in [-0.2, 0) is 31.4 Å². The molecule has 7 nitrogen and oxygen atoms in total. The Bertz CT molecular complexity index is 1410. The highest BCUT2D eigenvalue weighted by atomic mass is 35.5. The topological polar surface area (TPSA) is 95.9 Å². The molecule has 1 amide bonds. The third-order valence-electron chi connectivity index (χ3n) is 9.58. The summed E-state index contributed by atoms with van der Waals surface area (Å²) in [6.45, 7) is 1.55. The van der Waals surface area contributed by atoms with Crippen LogP contribution in [0, 0.1) is 11.8 Å². The van der Waals surface area contributed by atoms with Gasteiger partial charge in [0.25, 0.3) is 5.91 Å². The van der Waals surface area contributed by atoms with Gasteiger partial charge < -0.3 is 14.7 Å². The smallest absolute Gasteiger partial charge is 0.264 e. The Morgan fingerprint density at radius 1 is 1.18 bits per heavy atom. The molecule has 214 valence electrons. The van der Waals surface area contributed by atoms with E-state index in [-0.39, 0.29) is 17.4 Å². The summed E-state index contributed by atoms with van der Waals surface area (Å²) in [5.41, 5.74) is 4.52. The summed E-state index contributed by atoms with van der Waals surface area (Å²) in [5, 5.41) is 9.65. The molecule has 0 saturated heterocycles. The average Bonchev–Trinajstić information content (AvgIpc) is 2.93. The number of nitrogens with zero attached hydrogens (tertiary/aromatic N) is 1. The minimum absolute atomic E-state index is 0.235. The van der Waals surface area contributed by atoms with E-state index in [0.717, 1.165) is 55.1 Å². The number of halogens is 1. The normalized spacial score (nSPS) is 34.4. The van der Waals surface area contributed by atoms with Crippen molar-refractivity contribution in [2.75, 3.05) is 26.3 Å². The van der Waals surface area contributed by atoms with Gasteiger partial charge in [-0.25, -0.2) is 13.1 Å². The van der Waals surface area contributed by atoms with Crippen LogP contribution in [-0.4, -0.2) is 55.9 Å². The van der Waals surface area contributed by atoms with E-state index in [1.54, 1.807) is 18.4 Å². The Hall–Kier alpha value is -2.55. The van der Waals surface area contributed by atoms with Crippen molar-refractivity contribution in [2.24, 2.45) is 11.8 Å². The number of amides is 1. The Morgan fingerprint density at radius 2 is 2.02 bits per heavy atom. The number of benzene rings is 1. The number of carbonyl (C=O) groups is 1. The highest BCUT2D eigenvalue weighted by Crippen LogP contribution is 2.45. The van der Waals surface area contributed by atoms with Crippen molar-refractivity contribution in [2.45, 2.75) is 62.0 Å². The predicted molar refractivity (Wildman–Crippen MR) is 155 cm³/mol. The van der Waals surface area contributed by atoms with E-state index < -0.39 is 27.8 Å². The molecule has 5 aliphatic rings. The summed E-state index contributed by atoms with van der Waals surface area (Å²) in [7, 11) is -4.04. The minimum atomic E-state index is -4.04. The van der Waals surface area contributed by atoms with Gasteiger partial charge >= 0.3 is 0 Å². The molecule has 40 heavy (non-hydrogen) atoms. The average molecular weight is 585 g/mol. The van der Waals surface area contributed by atoms with E-state index in [0.29, 0.717) is 24.9 Å². The summed E-state index contributed by atoms with van der Waals surface area (Å²) < 4.78 is 34.3. The SMILES string of the molecule is O=C1NS(=O)(=O)[C@@H](CO)CCC2=C/C[C@@H]3CC[C@H]3CN3C[C@@]4(CCCc5cc(Cl)ccc54)COC=CC=C1\C=C\23. The number of carbonyl (C=O) groups excluding carboxylic acids is 1. The van der Waals surface area contributed by atoms with Crippen molar-refractivity contribution in [1.82, 2.24) is 9.62 Å². The highest BCUT2D eigenvalue weighted by Gasteiger charge is 2.43. The van der Waals surface area contributed by atoms with Gasteiger partial charge in [-0.05, 0) is 110 Å². The molecule has 1 saturated carbocycles. The van der Waals surface area contributed by atoms with Gasteiger partial charge in [0.05, 0.1) is 19.5 Å². The lowest BCUT2D eigenvalue weighted by atomic mass is 9.68. The van der Waals surface area contributed by atoms with Gasteiger partial charge in [0.1, 0.15) is 5.25 Å². The van der Waals surface area contributed by atoms with Crippen LogP contribution >= 0.6 is 11.6 Å². The second-order valence-corrected chi connectivity index (χ2v) is 14.4. The largest absolute Gasteiger partial charge is 0.500 e. The molecule has 1 aromatic carbocycles. The van der Waals surface area contributed by atoms with Crippen molar-refractivity contribution in [3.63, 3.8) is 0 Å². The molecule has 2 N–H and O–H groups in total. The number of sulfonamides is 1. The predicted octanol–water partition coefficient (Wildman–Crippen LogP) is 4.53. The zero-order chi connectivity index (χ0) is 27.9. The quantitative estimate of drug-likeness (QED) is 0.504.